The van der Waals surface area contributed by atoms with Crippen LogP contribution >= 0.6 is 11.6 Å². The van der Waals surface area contributed by atoms with E-state index in [9.17, 15) is 27.6 Å². The SMILES string of the molecule is COc1ccc(Cl)cc1C1(F)C(=O)N(C(=O)NCCC(=O)O)c2cc(C(F)(F)F)ccc21. The lowest BCUT2D eigenvalue weighted by molar-refractivity contribution is -0.138. The number of hydrogen-bond donors (Lipinski definition) is 2. The average molecular weight is 475 g/mol. The van der Waals surface area contributed by atoms with Gasteiger partial charge in [-0.2, -0.15) is 13.2 Å². The monoisotopic (exact) mass is 474 g/mol. The molecule has 0 fully saturated rings. The van der Waals surface area contributed by atoms with E-state index < -0.39 is 65.1 Å². The van der Waals surface area contributed by atoms with Crippen molar-refractivity contribution in [2.24, 2.45) is 0 Å². The highest BCUT2D eigenvalue weighted by atomic mass is 35.5. The van der Waals surface area contributed by atoms with Gasteiger partial charge < -0.3 is 15.2 Å². The van der Waals surface area contributed by atoms with Gasteiger partial charge in [-0.15, -0.1) is 0 Å². The van der Waals surface area contributed by atoms with Crippen LogP contribution in [-0.2, 0) is 21.4 Å². The van der Waals surface area contributed by atoms with Gasteiger partial charge in [0.05, 0.1) is 24.8 Å². The quantitative estimate of drug-likeness (QED) is 0.636. The van der Waals surface area contributed by atoms with Crippen molar-refractivity contribution in [2.75, 3.05) is 18.6 Å². The lowest BCUT2D eigenvalue weighted by Crippen LogP contribution is -2.47. The Labute approximate surface area is 183 Å². The molecule has 32 heavy (non-hydrogen) atoms. The van der Waals surface area contributed by atoms with E-state index in [2.05, 4.69) is 5.32 Å². The number of halogens is 5. The molecule has 0 bridgehead atoms. The minimum Gasteiger partial charge on any atom is -0.496 e. The van der Waals surface area contributed by atoms with Gasteiger partial charge in [0, 0.05) is 22.7 Å². The fourth-order valence-corrected chi connectivity index (χ4v) is 3.50. The van der Waals surface area contributed by atoms with Crippen LogP contribution in [0.15, 0.2) is 36.4 Å². The van der Waals surface area contributed by atoms with Crippen molar-refractivity contribution in [1.29, 1.82) is 0 Å². The molecule has 170 valence electrons. The van der Waals surface area contributed by atoms with E-state index in [0.717, 1.165) is 12.1 Å². The predicted molar refractivity (Wildman–Crippen MR) is 104 cm³/mol. The second-order valence-electron chi connectivity index (χ2n) is 6.75. The van der Waals surface area contributed by atoms with Gasteiger partial charge in [0.1, 0.15) is 5.75 Å². The zero-order chi connectivity index (χ0) is 23.8. The number of anilines is 1. The van der Waals surface area contributed by atoms with Crippen molar-refractivity contribution < 1.29 is 41.8 Å². The summed E-state index contributed by atoms with van der Waals surface area (Å²) in [6.07, 6.45) is -5.36. The van der Waals surface area contributed by atoms with Crippen LogP contribution in [0.4, 0.5) is 28.0 Å². The molecule has 1 aliphatic heterocycles. The van der Waals surface area contributed by atoms with Gasteiger partial charge in [-0.05, 0) is 30.3 Å². The Kier molecular flexibility index (Phi) is 6.05. The maximum atomic E-state index is 16.5. The first-order valence-electron chi connectivity index (χ1n) is 9.00. The van der Waals surface area contributed by atoms with Gasteiger partial charge in [-0.25, -0.2) is 14.1 Å². The number of nitrogens with zero attached hydrogens (tertiary/aromatic N) is 1. The summed E-state index contributed by atoms with van der Waals surface area (Å²) in [5.41, 5.74) is -5.87. The zero-order valence-electron chi connectivity index (χ0n) is 16.3. The number of ether oxygens (including phenoxy) is 1. The summed E-state index contributed by atoms with van der Waals surface area (Å²) in [5.74, 6) is -2.88. The van der Waals surface area contributed by atoms with Gasteiger partial charge in [0.15, 0.2) is 0 Å². The van der Waals surface area contributed by atoms with Crippen molar-refractivity contribution in [3.63, 3.8) is 0 Å². The number of fused-ring (bicyclic) bond motifs is 1. The number of methoxy groups -OCH3 is 1. The summed E-state index contributed by atoms with van der Waals surface area (Å²) in [7, 11) is 1.19. The Balaban J connectivity index is 2.19. The number of nitrogens with one attached hydrogen (secondary N) is 1. The summed E-state index contributed by atoms with van der Waals surface area (Å²) in [6.45, 7) is -0.438. The number of benzene rings is 2. The Hall–Kier alpha value is -3.34. The third-order valence-corrected chi connectivity index (χ3v) is 5.02. The highest BCUT2D eigenvalue weighted by Gasteiger charge is 2.57. The third-order valence-electron chi connectivity index (χ3n) is 4.79. The summed E-state index contributed by atoms with van der Waals surface area (Å²) >= 11 is 5.94. The van der Waals surface area contributed by atoms with Crippen molar-refractivity contribution in [1.82, 2.24) is 5.32 Å². The highest BCUT2D eigenvalue weighted by molar-refractivity contribution is 6.31. The first-order valence-corrected chi connectivity index (χ1v) is 9.38. The summed E-state index contributed by atoms with van der Waals surface area (Å²) in [5, 5.41) is 10.8. The van der Waals surface area contributed by atoms with Gasteiger partial charge in [-0.1, -0.05) is 17.7 Å². The van der Waals surface area contributed by atoms with E-state index in [-0.39, 0.29) is 15.7 Å². The Morgan fingerprint density at radius 1 is 1.19 bits per heavy atom. The second kappa shape index (κ2) is 8.30. The van der Waals surface area contributed by atoms with Crippen LogP contribution in [-0.4, -0.2) is 36.7 Å². The molecule has 0 saturated heterocycles. The van der Waals surface area contributed by atoms with Gasteiger partial charge >= 0.3 is 18.2 Å². The van der Waals surface area contributed by atoms with Crippen LogP contribution in [0.2, 0.25) is 5.02 Å². The molecule has 12 heteroatoms. The van der Waals surface area contributed by atoms with E-state index in [1.165, 1.54) is 19.2 Å². The van der Waals surface area contributed by atoms with Crippen LogP contribution < -0.4 is 15.0 Å². The highest BCUT2D eigenvalue weighted by Crippen LogP contribution is 2.51. The molecular weight excluding hydrogens is 460 g/mol. The Bertz CT molecular complexity index is 1110. The second-order valence-corrected chi connectivity index (χ2v) is 7.19. The lowest BCUT2D eigenvalue weighted by Gasteiger charge is -2.23. The van der Waals surface area contributed by atoms with E-state index in [1.807, 2.05) is 0 Å². The van der Waals surface area contributed by atoms with Crippen LogP contribution in [0.25, 0.3) is 0 Å². The number of carbonyl (C=O) groups excluding carboxylic acids is 2. The van der Waals surface area contributed by atoms with Crippen molar-refractivity contribution >= 4 is 35.2 Å². The third kappa shape index (κ3) is 3.95. The fraction of sp³-hybridized carbons (Fsp3) is 0.250. The molecule has 0 aliphatic carbocycles. The molecule has 0 aromatic heterocycles. The number of aliphatic carboxylic acids is 1. The molecule has 0 radical (unpaired) electrons. The standard InChI is InChI=1S/C20H15ClF4N2O5/c1-32-15-5-3-11(21)9-13(15)19(22)12-4-2-10(20(23,24)25)8-14(12)27(17(19)30)18(31)26-7-6-16(28)29/h2-5,8-9H,6-7H2,1H3,(H,26,31)(H,28,29). The number of alkyl halides is 4. The molecule has 1 atom stereocenters. The molecule has 3 rings (SSSR count). The summed E-state index contributed by atoms with van der Waals surface area (Å²) < 4.78 is 61.3. The maximum absolute atomic E-state index is 16.5. The van der Waals surface area contributed by atoms with Gasteiger partial charge in [-0.3, -0.25) is 9.59 Å². The molecular formula is C20H15ClF4N2O5. The van der Waals surface area contributed by atoms with Crippen LogP contribution in [0.1, 0.15) is 23.1 Å². The number of carboxylic acids is 1. The number of amides is 3. The molecule has 1 unspecified atom stereocenters. The molecule has 2 aromatic rings. The molecule has 2 N–H and O–H groups in total. The summed E-state index contributed by atoms with van der Waals surface area (Å²) in [6, 6.07) is 4.25. The molecule has 1 heterocycles. The zero-order valence-corrected chi connectivity index (χ0v) is 17.1. The Morgan fingerprint density at radius 3 is 2.47 bits per heavy atom. The topological polar surface area (TPSA) is 95.9 Å². The number of carbonyl (C=O) groups is 3. The first kappa shape index (κ1) is 23.3. The number of imide groups is 1. The lowest BCUT2D eigenvalue weighted by atomic mass is 9.88. The average Bonchev–Trinajstić information content (AvgIpc) is 2.94. The molecule has 1 aliphatic rings. The van der Waals surface area contributed by atoms with Crippen molar-refractivity contribution in [3.8, 4) is 5.75 Å². The normalized spacial score (nSPS) is 17.8. The predicted octanol–water partition coefficient (Wildman–Crippen LogP) is 4.11. The first-order chi connectivity index (χ1) is 14.9. The van der Waals surface area contributed by atoms with E-state index in [0.29, 0.717) is 12.1 Å². The minimum absolute atomic E-state index is 0.0171. The van der Waals surface area contributed by atoms with Crippen LogP contribution in [0, 0.1) is 0 Å². The smallest absolute Gasteiger partial charge is 0.416 e. The molecule has 2 aromatic carbocycles. The number of urea groups is 1. The molecule has 7 nitrogen and oxygen atoms in total. The number of rotatable bonds is 5. The molecule has 3 amide bonds. The van der Waals surface area contributed by atoms with Crippen LogP contribution in [0.3, 0.4) is 0 Å². The van der Waals surface area contributed by atoms with Gasteiger partial charge in [0.2, 0.25) is 5.67 Å². The number of carboxylic acid groups (broad SMARTS) is 1. The largest absolute Gasteiger partial charge is 0.496 e. The van der Waals surface area contributed by atoms with Crippen molar-refractivity contribution in [2.45, 2.75) is 18.3 Å². The van der Waals surface area contributed by atoms with Crippen LogP contribution in [0.5, 0.6) is 5.75 Å². The van der Waals surface area contributed by atoms with Gasteiger partial charge in [0.25, 0.3) is 5.91 Å². The minimum atomic E-state index is -4.83. The van der Waals surface area contributed by atoms with E-state index in [4.69, 9.17) is 21.4 Å². The van der Waals surface area contributed by atoms with Crippen molar-refractivity contribution in [3.05, 3.63) is 58.1 Å². The van der Waals surface area contributed by atoms with E-state index >= 15 is 4.39 Å². The molecule has 0 saturated carbocycles. The number of hydrogen-bond acceptors (Lipinski definition) is 4. The Morgan fingerprint density at radius 2 is 1.88 bits per heavy atom. The maximum Gasteiger partial charge on any atom is 0.416 e. The molecule has 0 spiro atoms. The fourth-order valence-electron chi connectivity index (χ4n) is 3.33. The summed E-state index contributed by atoms with van der Waals surface area (Å²) in [4.78, 5) is 36.6. The van der Waals surface area contributed by atoms with E-state index in [1.54, 1.807) is 0 Å².